The highest BCUT2D eigenvalue weighted by molar-refractivity contribution is 5.77. The van der Waals surface area contributed by atoms with Crippen LogP contribution in [0.15, 0.2) is 0 Å². The van der Waals surface area contributed by atoms with Gasteiger partial charge in [0, 0.05) is 19.0 Å². The lowest BCUT2D eigenvalue weighted by molar-refractivity contribution is -0.140. The number of amides is 1. The maximum absolute atomic E-state index is 12.1. The molecule has 1 amide bonds. The molecular weight excluding hydrogens is 218 g/mol. The van der Waals surface area contributed by atoms with Crippen molar-refractivity contribution >= 4 is 5.91 Å². The molecule has 3 rings (SSSR count). The van der Waals surface area contributed by atoms with Gasteiger partial charge in [0.1, 0.15) is 0 Å². The van der Waals surface area contributed by atoms with Crippen molar-refractivity contribution in [3.8, 4) is 0 Å². The summed E-state index contributed by atoms with van der Waals surface area (Å²) in [5.41, 5.74) is -0.692. The standard InChI is InChI=1S/C13H21NO3/c1-9-5-10-7-14(8-11(10)17-9)12(15)6-13(16)3-2-4-13/h9-11,16H,2-8H2,1H3/t9-,10+,11-/m0/s1. The molecule has 0 aromatic carbocycles. The molecule has 1 N–H and O–H groups in total. The largest absolute Gasteiger partial charge is 0.389 e. The van der Waals surface area contributed by atoms with E-state index in [0.29, 0.717) is 18.4 Å². The Morgan fingerprint density at radius 2 is 2.24 bits per heavy atom. The molecule has 3 fully saturated rings. The number of ether oxygens (including phenoxy) is 1. The van der Waals surface area contributed by atoms with Gasteiger partial charge in [-0.3, -0.25) is 4.79 Å². The zero-order valence-corrected chi connectivity index (χ0v) is 10.4. The highest BCUT2D eigenvalue weighted by atomic mass is 16.5. The molecule has 3 atom stereocenters. The molecule has 0 radical (unpaired) electrons. The van der Waals surface area contributed by atoms with E-state index in [-0.39, 0.29) is 12.0 Å². The van der Waals surface area contributed by atoms with Gasteiger partial charge in [0.05, 0.1) is 24.2 Å². The molecule has 0 bridgehead atoms. The summed E-state index contributed by atoms with van der Waals surface area (Å²) in [6.45, 7) is 3.65. The van der Waals surface area contributed by atoms with Gasteiger partial charge in [-0.15, -0.1) is 0 Å². The number of hydrogen-bond acceptors (Lipinski definition) is 3. The van der Waals surface area contributed by atoms with E-state index in [1.54, 1.807) is 0 Å². The van der Waals surface area contributed by atoms with E-state index in [4.69, 9.17) is 4.74 Å². The second-order valence-corrected chi connectivity index (χ2v) is 6.03. The van der Waals surface area contributed by atoms with Crippen LogP contribution in [-0.2, 0) is 9.53 Å². The first-order chi connectivity index (χ1) is 8.06. The van der Waals surface area contributed by atoms with Crippen LogP contribution >= 0.6 is 0 Å². The molecule has 0 unspecified atom stereocenters. The van der Waals surface area contributed by atoms with Crippen molar-refractivity contribution in [2.75, 3.05) is 13.1 Å². The number of carbonyl (C=O) groups excluding carboxylic acids is 1. The smallest absolute Gasteiger partial charge is 0.225 e. The first-order valence-corrected chi connectivity index (χ1v) is 6.71. The van der Waals surface area contributed by atoms with Crippen LogP contribution in [0.2, 0.25) is 0 Å². The van der Waals surface area contributed by atoms with Gasteiger partial charge >= 0.3 is 0 Å². The van der Waals surface area contributed by atoms with E-state index in [1.807, 2.05) is 4.90 Å². The maximum atomic E-state index is 12.1. The van der Waals surface area contributed by atoms with Crippen LogP contribution in [0.25, 0.3) is 0 Å². The van der Waals surface area contributed by atoms with Crippen LogP contribution < -0.4 is 0 Å². The van der Waals surface area contributed by atoms with Gasteiger partial charge in [-0.25, -0.2) is 0 Å². The van der Waals surface area contributed by atoms with E-state index < -0.39 is 5.60 Å². The molecule has 96 valence electrons. The van der Waals surface area contributed by atoms with E-state index in [0.717, 1.165) is 38.8 Å². The summed E-state index contributed by atoms with van der Waals surface area (Å²) in [5, 5.41) is 10.0. The van der Waals surface area contributed by atoms with Crippen LogP contribution in [0.4, 0.5) is 0 Å². The lowest BCUT2D eigenvalue weighted by atomic mass is 9.77. The molecule has 2 heterocycles. The van der Waals surface area contributed by atoms with Gasteiger partial charge in [-0.2, -0.15) is 0 Å². The molecule has 1 saturated carbocycles. The first kappa shape index (κ1) is 11.5. The Kier molecular flexibility index (Phi) is 2.67. The molecule has 4 heteroatoms. The van der Waals surface area contributed by atoms with Crippen molar-refractivity contribution in [1.82, 2.24) is 4.90 Å². The highest BCUT2D eigenvalue weighted by Crippen LogP contribution is 2.37. The van der Waals surface area contributed by atoms with Gasteiger partial charge in [-0.05, 0) is 32.6 Å². The number of rotatable bonds is 2. The van der Waals surface area contributed by atoms with Gasteiger partial charge in [0.25, 0.3) is 0 Å². The SMILES string of the molecule is C[C@H]1C[C@@H]2CN(C(=O)CC3(O)CCC3)C[C@@H]2O1. The van der Waals surface area contributed by atoms with Crippen molar-refractivity contribution in [1.29, 1.82) is 0 Å². The van der Waals surface area contributed by atoms with Gasteiger partial charge in [0.15, 0.2) is 0 Å². The molecule has 0 aromatic rings. The van der Waals surface area contributed by atoms with Crippen molar-refractivity contribution in [3.05, 3.63) is 0 Å². The Morgan fingerprint density at radius 1 is 1.47 bits per heavy atom. The minimum atomic E-state index is -0.692. The quantitative estimate of drug-likeness (QED) is 0.780. The molecule has 1 aliphatic carbocycles. The second kappa shape index (κ2) is 3.95. The monoisotopic (exact) mass is 239 g/mol. The van der Waals surface area contributed by atoms with Crippen LogP contribution in [0.1, 0.15) is 39.0 Å². The predicted octanol–water partition coefficient (Wildman–Crippen LogP) is 0.927. The fraction of sp³-hybridized carbons (Fsp3) is 0.923. The number of fused-ring (bicyclic) bond motifs is 1. The van der Waals surface area contributed by atoms with Crippen LogP contribution in [0, 0.1) is 5.92 Å². The molecular formula is C13H21NO3. The van der Waals surface area contributed by atoms with Crippen LogP contribution in [-0.4, -0.2) is 46.8 Å². The molecule has 4 nitrogen and oxygen atoms in total. The summed E-state index contributed by atoms with van der Waals surface area (Å²) < 4.78 is 5.78. The van der Waals surface area contributed by atoms with Crippen molar-refractivity contribution < 1.29 is 14.6 Å². The van der Waals surface area contributed by atoms with Gasteiger partial charge in [-0.1, -0.05) is 0 Å². The zero-order valence-electron chi connectivity index (χ0n) is 10.4. The number of hydrogen-bond donors (Lipinski definition) is 1. The summed E-state index contributed by atoms with van der Waals surface area (Å²) in [4.78, 5) is 14.0. The Balaban J connectivity index is 1.55. The molecule has 17 heavy (non-hydrogen) atoms. The lowest BCUT2D eigenvalue weighted by Crippen LogP contribution is -2.43. The van der Waals surface area contributed by atoms with E-state index >= 15 is 0 Å². The van der Waals surface area contributed by atoms with Crippen molar-refractivity contribution in [2.45, 2.75) is 56.8 Å². The molecule has 3 aliphatic rings. The van der Waals surface area contributed by atoms with E-state index in [2.05, 4.69) is 6.92 Å². The minimum Gasteiger partial charge on any atom is -0.389 e. The van der Waals surface area contributed by atoms with Gasteiger partial charge in [0.2, 0.25) is 5.91 Å². The average molecular weight is 239 g/mol. The summed E-state index contributed by atoms with van der Waals surface area (Å²) >= 11 is 0. The summed E-state index contributed by atoms with van der Waals surface area (Å²) in [7, 11) is 0. The highest BCUT2D eigenvalue weighted by Gasteiger charge is 2.44. The van der Waals surface area contributed by atoms with Crippen LogP contribution in [0.3, 0.4) is 0 Å². The summed E-state index contributed by atoms with van der Waals surface area (Å²) in [6, 6.07) is 0. The number of likely N-dealkylation sites (tertiary alicyclic amines) is 1. The number of aliphatic hydroxyl groups is 1. The first-order valence-electron chi connectivity index (χ1n) is 6.71. The molecule has 2 saturated heterocycles. The molecule has 2 aliphatic heterocycles. The zero-order chi connectivity index (χ0) is 12.0. The number of nitrogens with zero attached hydrogens (tertiary/aromatic N) is 1. The topological polar surface area (TPSA) is 49.8 Å². The Bertz CT molecular complexity index is 313. The second-order valence-electron chi connectivity index (χ2n) is 6.03. The fourth-order valence-electron chi connectivity index (χ4n) is 3.36. The lowest BCUT2D eigenvalue weighted by Gasteiger charge is -2.37. The van der Waals surface area contributed by atoms with Crippen molar-refractivity contribution in [2.24, 2.45) is 5.92 Å². The van der Waals surface area contributed by atoms with Gasteiger partial charge < -0.3 is 14.7 Å². The fourth-order valence-corrected chi connectivity index (χ4v) is 3.36. The third-order valence-electron chi connectivity index (χ3n) is 4.54. The van der Waals surface area contributed by atoms with E-state index in [9.17, 15) is 9.90 Å². The maximum Gasteiger partial charge on any atom is 0.225 e. The molecule has 0 spiro atoms. The number of carbonyl (C=O) groups is 1. The minimum absolute atomic E-state index is 0.109. The third-order valence-corrected chi connectivity index (χ3v) is 4.54. The Labute approximate surface area is 102 Å². The summed E-state index contributed by atoms with van der Waals surface area (Å²) in [6.07, 6.45) is 4.58. The molecule has 0 aromatic heterocycles. The van der Waals surface area contributed by atoms with E-state index in [1.165, 1.54) is 0 Å². The Hall–Kier alpha value is -0.610. The van der Waals surface area contributed by atoms with Crippen LogP contribution in [0.5, 0.6) is 0 Å². The predicted molar refractivity (Wildman–Crippen MR) is 62.4 cm³/mol. The third kappa shape index (κ3) is 2.08. The normalized spacial score (nSPS) is 38.9. The Morgan fingerprint density at radius 3 is 2.82 bits per heavy atom. The summed E-state index contributed by atoms with van der Waals surface area (Å²) in [5.74, 6) is 0.628. The average Bonchev–Trinajstić information content (AvgIpc) is 2.71. The van der Waals surface area contributed by atoms with Crippen molar-refractivity contribution in [3.63, 3.8) is 0 Å².